The van der Waals surface area contributed by atoms with Gasteiger partial charge in [-0.3, -0.25) is 0 Å². The van der Waals surface area contributed by atoms with Crippen LogP contribution in [-0.2, 0) is 11.3 Å². The summed E-state index contributed by atoms with van der Waals surface area (Å²) in [5.41, 5.74) is 0. The Hall–Kier alpha value is -1.07. The number of ether oxygens (including phenoxy) is 1. The third-order valence-electron chi connectivity index (χ3n) is 4.54. The van der Waals surface area contributed by atoms with Crippen molar-refractivity contribution in [2.24, 2.45) is 0 Å². The van der Waals surface area contributed by atoms with E-state index in [0.717, 1.165) is 19.1 Å². The normalized spacial score (nSPS) is 29.7. The van der Waals surface area contributed by atoms with Crippen LogP contribution >= 0.6 is 0 Å². The summed E-state index contributed by atoms with van der Waals surface area (Å²) in [7, 11) is 3.92. The van der Waals surface area contributed by atoms with Crippen molar-refractivity contribution in [2.75, 3.05) is 25.7 Å². The zero-order valence-corrected chi connectivity index (χ0v) is 11.9. The number of anilines is 1. The van der Waals surface area contributed by atoms with Crippen LogP contribution in [0.15, 0.2) is 12.4 Å². The van der Waals surface area contributed by atoms with Crippen LogP contribution in [0.1, 0.15) is 25.7 Å². The Morgan fingerprint density at radius 2 is 2.16 bits per heavy atom. The van der Waals surface area contributed by atoms with Crippen molar-refractivity contribution >= 4 is 5.95 Å². The van der Waals surface area contributed by atoms with Gasteiger partial charge in [0.1, 0.15) is 0 Å². The van der Waals surface area contributed by atoms with Gasteiger partial charge < -0.3 is 19.5 Å². The van der Waals surface area contributed by atoms with Crippen LogP contribution in [0.25, 0.3) is 0 Å². The Morgan fingerprint density at radius 3 is 2.84 bits per heavy atom. The molecule has 0 amide bonds. The fraction of sp³-hybridized carbons (Fsp3) is 0.786. The number of rotatable bonds is 5. The summed E-state index contributed by atoms with van der Waals surface area (Å²) in [5.74, 6) is 1.07. The van der Waals surface area contributed by atoms with Crippen LogP contribution in [0.4, 0.5) is 5.95 Å². The van der Waals surface area contributed by atoms with E-state index in [1.54, 1.807) is 7.11 Å². The van der Waals surface area contributed by atoms with Crippen molar-refractivity contribution in [2.45, 2.75) is 50.4 Å². The zero-order chi connectivity index (χ0) is 13.2. The number of hydrogen-bond donors (Lipinski definition) is 1. The Bertz CT molecular complexity index is 407. The van der Waals surface area contributed by atoms with Gasteiger partial charge in [-0.05, 0) is 25.7 Å². The fourth-order valence-corrected chi connectivity index (χ4v) is 3.49. The second-order valence-corrected chi connectivity index (χ2v) is 5.79. The summed E-state index contributed by atoms with van der Waals surface area (Å²) >= 11 is 0. The molecule has 2 saturated heterocycles. The summed E-state index contributed by atoms with van der Waals surface area (Å²) in [5, 5.41) is 3.70. The van der Waals surface area contributed by atoms with Crippen LogP contribution in [0.5, 0.6) is 0 Å². The fourth-order valence-electron chi connectivity index (χ4n) is 3.49. The minimum absolute atomic E-state index is 0.613. The molecule has 0 spiro atoms. The van der Waals surface area contributed by atoms with E-state index in [0.29, 0.717) is 18.1 Å². The van der Waals surface area contributed by atoms with Crippen molar-refractivity contribution in [3.05, 3.63) is 12.4 Å². The largest absolute Gasteiger partial charge is 0.383 e. The average Bonchev–Trinajstić information content (AvgIpc) is 3.02. The summed E-state index contributed by atoms with van der Waals surface area (Å²) in [6.45, 7) is 1.60. The smallest absolute Gasteiger partial charge is 0.205 e. The maximum Gasteiger partial charge on any atom is 0.205 e. The van der Waals surface area contributed by atoms with Gasteiger partial charge in [-0.1, -0.05) is 0 Å². The molecule has 19 heavy (non-hydrogen) atoms. The first-order valence-corrected chi connectivity index (χ1v) is 7.27. The predicted octanol–water partition coefficient (Wildman–Crippen LogP) is 1.25. The molecule has 1 aromatic heterocycles. The number of nitrogens with one attached hydrogen (secondary N) is 1. The van der Waals surface area contributed by atoms with E-state index >= 15 is 0 Å². The molecule has 0 aliphatic carbocycles. The standard InChI is InChI=1S/C14H24N4O/c1-17(13-9-11-3-4-12(10-13)16-11)14-15-5-6-18(14)7-8-19-2/h5-6,11-13,16H,3-4,7-10H2,1-2H3. The number of aromatic nitrogens is 2. The highest BCUT2D eigenvalue weighted by Crippen LogP contribution is 2.30. The molecule has 5 heteroatoms. The van der Waals surface area contributed by atoms with Gasteiger partial charge in [0.15, 0.2) is 0 Å². The number of fused-ring (bicyclic) bond motifs is 2. The minimum Gasteiger partial charge on any atom is -0.383 e. The van der Waals surface area contributed by atoms with Gasteiger partial charge in [-0.25, -0.2) is 4.98 Å². The first kappa shape index (κ1) is 12.9. The number of hydrogen-bond acceptors (Lipinski definition) is 4. The second-order valence-electron chi connectivity index (χ2n) is 5.79. The molecular formula is C14H24N4O. The maximum atomic E-state index is 5.16. The van der Waals surface area contributed by atoms with Gasteiger partial charge in [-0.2, -0.15) is 0 Å². The highest BCUT2D eigenvalue weighted by molar-refractivity contribution is 5.32. The van der Waals surface area contributed by atoms with Crippen LogP contribution in [-0.4, -0.2) is 48.4 Å². The van der Waals surface area contributed by atoms with Crippen LogP contribution in [0.3, 0.4) is 0 Å². The Balaban J connectivity index is 1.69. The van der Waals surface area contributed by atoms with Gasteiger partial charge in [0, 0.05) is 51.2 Å². The molecule has 5 nitrogen and oxygen atoms in total. The SMILES string of the molecule is COCCn1ccnc1N(C)C1CC2CCC(C1)N2. The van der Waals surface area contributed by atoms with Gasteiger partial charge in [0.2, 0.25) is 5.95 Å². The molecule has 1 aromatic rings. The molecule has 0 radical (unpaired) electrons. The lowest BCUT2D eigenvalue weighted by molar-refractivity contribution is 0.187. The van der Waals surface area contributed by atoms with Crippen molar-refractivity contribution in [1.29, 1.82) is 0 Å². The molecule has 0 saturated carbocycles. The minimum atomic E-state index is 0.613. The summed E-state index contributed by atoms with van der Waals surface area (Å²) in [4.78, 5) is 6.89. The Kier molecular flexibility index (Phi) is 3.75. The van der Waals surface area contributed by atoms with E-state index in [1.807, 2.05) is 12.4 Å². The van der Waals surface area contributed by atoms with E-state index < -0.39 is 0 Å². The second kappa shape index (κ2) is 5.51. The number of piperidine rings is 1. The summed E-state index contributed by atoms with van der Waals surface area (Å²) in [6.07, 6.45) is 9.09. The molecule has 3 rings (SSSR count). The summed E-state index contributed by atoms with van der Waals surface area (Å²) in [6, 6.07) is 2.05. The summed E-state index contributed by atoms with van der Waals surface area (Å²) < 4.78 is 7.35. The molecule has 106 valence electrons. The zero-order valence-electron chi connectivity index (χ0n) is 11.9. The monoisotopic (exact) mass is 264 g/mol. The van der Waals surface area contributed by atoms with E-state index in [2.05, 4.69) is 26.8 Å². The molecule has 2 atom stereocenters. The number of imidazole rings is 1. The maximum absolute atomic E-state index is 5.16. The highest BCUT2D eigenvalue weighted by atomic mass is 16.5. The molecule has 3 heterocycles. The highest BCUT2D eigenvalue weighted by Gasteiger charge is 2.35. The van der Waals surface area contributed by atoms with Crippen LogP contribution < -0.4 is 10.2 Å². The lowest BCUT2D eigenvalue weighted by Crippen LogP contribution is -2.47. The van der Waals surface area contributed by atoms with Crippen molar-refractivity contribution in [1.82, 2.24) is 14.9 Å². The van der Waals surface area contributed by atoms with E-state index in [9.17, 15) is 0 Å². The van der Waals surface area contributed by atoms with Gasteiger partial charge in [0.05, 0.1) is 6.61 Å². The topological polar surface area (TPSA) is 42.3 Å². The van der Waals surface area contributed by atoms with E-state index in [1.165, 1.54) is 25.7 Å². The van der Waals surface area contributed by atoms with E-state index in [4.69, 9.17) is 4.74 Å². The molecule has 2 bridgehead atoms. The molecule has 1 N–H and O–H groups in total. The molecular weight excluding hydrogens is 240 g/mol. The molecule has 2 aliphatic heterocycles. The van der Waals surface area contributed by atoms with Gasteiger partial charge in [-0.15, -0.1) is 0 Å². The first-order valence-electron chi connectivity index (χ1n) is 7.27. The number of nitrogens with zero attached hydrogens (tertiary/aromatic N) is 3. The number of methoxy groups -OCH3 is 1. The molecule has 2 fully saturated rings. The van der Waals surface area contributed by atoms with Crippen LogP contribution in [0, 0.1) is 0 Å². The Labute approximate surface area is 114 Å². The van der Waals surface area contributed by atoms with Crippen LogP contribution in [0.2, 0.25) is 0 Å². The Morgan fingerprint density at radius 1 is 1.42 bits per heavy atom. The molecule has 0 aromatic carbocycles. The quantitative estimate of drug-likeness (QED) is 0.869. The van der Waals surface area contributed by atoms with Gasteiger partial charge in [0.25, 0.3) is 0 Å². The lowest BCUT2D eigenvalue weighted by Gasteiger charge is -2.36. The van der Waals surface area contributed by atoms with E-state index in [-0.39, 0.29) is 0 Å². The van der Waals surface area contributed by atoms with Crippen molar-refractivity contribution in [3.63, 3.8) is 0 Å². The predicted molar refractivity (Wildman–Crippen MR) is 75.5 cm³/mol. The first-order chi connectivity index (χ1) is 9.28. The van der Waals surface area contributed by atoms with Crippen molar-refractivity contribution < 1.29 is 4.74 Å². The lowest BCUT2D eigenvalue weighted by atomic mass is 9.99. The molecule has 2 aliphatic rings. The third-order valence-corrected chi connectivity index (χ3v) is 4.54. The third kappa shape index (κ3) is 2.62. The average molecular weight is 264 g/mol. The molecule has 2 unspecified atom stereocenters. The van der Waals surface area contributed by atoms with Gasteiger partial charge >= 0.3 is 0 Å². The van der Waals surface area contributed by atoms with Crippen molar-refractivity contribution in [3.8, 4) is 0 Å².